The van der Waals surface area contributed by atoms with Gasteiger partial charge in [-0.05, 0) is 37.1 Å². The summed E-state index contributed by atoms with van der Waals surface area (Å²) in [5, 5.41) is 0. The Bertz CT molecular complexity index is 354. The highest BCUT2D eigenvalue weighted by atomic mass is 32.2. The minimum atomic E-state index is -0.996. The van der Waals surface area contributed by atoms with E-state index in [1.165, 1.54) is 0 Å². The first-order valence-corrected chi connectivity index (χ1v) is 5.86. The van der Waals surface area contributed by atoms with E-state index in [0.717, 1.165) is 22.6 Å². The molecule has 0 aromatic heterocycles. The lowest BCUT2D eigenvalue weighted by atomic mass is 10.2. The zero-order valence-corrected chi connectivity index (χ0v) is 8.67. The molecule has 2 rings (SSSR count). The first-order valence-electron chi connectivity index (χ1n) is 4.71. The van der Waals surface area contributed by atoms with Crippen LogP contribution in [0.5, 0.6) is 0 Å². The summed E-state index contributed by atoms with van der Waals surface area (Å²) in [5.41, 5.74) is 0. The number of hydrogen-bond acceptors (Lipinski definition) is 1. The molecule has 1 atom stereocenters. The van der Waals surface area contributed by atoms with Crippen molar-refractivity contribution in [1.82, 2.24) is 0 Å². The molecule has 0 saturated heterocycles. The summed E-state index contributed by atoms with van der Waals surface area (Å²) < 4.78 is 12.0. The lowest BCUT2D eigenvalue weighted by Crippen LogP contribution is -2.04. The molecule has 0 bridgehead atoms. The molecule has 1 nitrogen and oxygen atoms in total. The molecular weight excluding hydrogens is 192 g/mol. The maximum absolute atomic E-state index is 12.0. The molecule has 0 amide bonds. The average Bonchev–Trinajstić information content (AvgIpc) is 2.30. The fourth-order valence-corrected chi connectivity index (χ4v) is 2.57. The molecule has 1 aliphatic rings. The summed E-state index contributed by atoms with van der Waals surface area (Å²) in [7, 11) is 0. The monoisotopic (exact) mass is 204 g/mol. The molecule has 14 heavy (non-hydrogen) atoms. The second-order valence-electron chi connectivity index (χ2n) is 3.17. The van der Waals surface area contributed by atoms with Crippen molar-refractivity contribution in [1.29, 1.82) is 0 Å². The highest BCUT2D eigenvalue weighted by Gasteiger charge is 2.15. The zero-order chi connectivity index (χ0) is 9.80. The molecule has 0 N–H and O–H groups in total. The van der Waals surface area contributed by atoms with Gasteiger partial charge < -0.3 is 4.55 Å². The van der Waals surface area contributed by atoms with Gasteiger partial charge in [0.2, 0.25) is 0 Å². The van der Waals surface area contributed by atoms with Crippen molar-refractivity contribution in [2.24, 2.45) is 0 Å². The van der Waals surface area contributed by atoms with Crippen LogP contribution >= 0.6 is 0 Å². The van der Waals surface area contributed by atoms with Crippen LogP contribution in [0.15, 0.2) is 58.4 Å². The molecule has 0 fully saturated rings. The van der Waals surface area contributed by atoms with Crippen molar-refractivity contribution in [3.05, 3.63) is 53.5 Å². The van der Waals surface area contributed by atoms with Crippen LogP contribution in [0.1, 0.15) is 12.8 Å². The standard InChI is InChI=1S/C12H12OS/c13-14(11-7-3-1-4-8-11)12-9-5-2-6-10-12/h1,3-5,7-10H,2,6H2. The van der Waals surface area contributed by atoms with E-state index in [1.54, 1.807) is 0 Å². The largest absolute Gasteiger partial charge is 0.606 e. The molecule has 72 valence electrons. The normalized spacial score (nSPS) is 17.6. The Morgan fingerprint density at radius 1 is 1.07 bits per heavy atom. The van der Waals surface area contributed by atoms with Crippen molar-refractivity contribution >= 4 is 11.2 Å². The average molecular weight is 204 g/mol. The van der Waals surface area contributed by atoms with Crippen LogP contribution in [0.25, 0.3) is 0 Å². The van der Waals surface area contributed by atoms with Crippen LogP contribution in [0.3, 0.4) is 0 Å². The smallest absolute Gasteiger partial charge is 0.158 e. The molecule has 1 aromatic carbocycles. The summed E-state index contributed by atoms with van der Waals surface area (Å²) in [4.78, 5) is 1.81. The number of rotatable bonds is 2. The summed E-state index contributed by atoms with van der Waals surface area (Å²) in [6, 6.07) is 9.57. The Kier molecular flexibility index (Phi) is 3.07. The summed E-state index contributed by atoms with van der Waals surface area (Å²) in [6.07, 6.45) is 8.17. The van der Waals surface area contributed by atoms with Crippen LogP contribution in [-0.4, -0.2) is 4.55 Å². The third-order valence-corrected chi connectivity index (χ3v) is 3.56. The Balaban J connectivity index is 2.20. The molecule has 0 saturated carbocycles. The molecular formula is C12H12OS. The second-order valence-corrected chi connectivity index (χ2v) is 4.65. The quantitative estimate of drug-likeness (QED) is 0.679. The Morgan fingerprint density at radius 2 is 1.86 bits per heavy atom. The fourth-order valence-electron chi connectivity index (χ4n) is 1.41. The number of hydrogen-bond donors (Lipinski definition) is 0. The molecule has 0 spiro atoms. The van der Waals surface area contributed by atoms with E-state index in [9.17, 15) is 4.55 Å². The summed E-state index contributed by atoms with van der Waals surface area (Å²) in [6.45, 7) is 0. The molecule has 0 heterocycles. The van der Waals surface area contributed by atoms with E-state index < -0.39 is 11.2 Å². The van der Waals surface area contributed by atoms with Crippen LogP contribution in [0.4, 0.5) is 0 Å². The lowest BCUT2D eigenvalue weighted by molar-refractivity contribution is 0.601. The molecule has 1 unspecified atom stereocenters. The summed E-state index contributed by atoms with van der Waals surface area (Å²) >= 11 is -0.996. The number of allylic oxidation sites excluding steroid dienone is 3. The van der Waals surface area contributed by atoms with Gasteiger partial charge in [0.05, 0.1) is 0 Å². The fraction of sp³-hybridized carbons (Fsp3) is 0.167. The third kappa shape index (κ3) is 2.08. The van der Waals surface area contributed by atoms with Gasteiger partial charge in [0, 0.05) is 11.2 Å². The maximum Gasteiger partial charge on any atom is 0.158 e. The van der Waals surface area contributed by atoms with Crippen molar-refractivity contribution < 1.29 is 4.55 Å². The zero-order valence-electron chi connectivity index (χ0n) is 7.85. The van der Waals surface area contributed by atoms with Gasteiger partial charge in [0.25, 0.3) is 0 Å². The van der Waals surface area contributed by atoms with Crippen molar-refractivity contribution in [3.63, 3.8) is 0 Å². The molecule has 0 aliphatic heterocycles. The molecule has 2 heteroatoms. The van der Waals surface area contributed by atoms with Gasteiger partial charge in [-0.2, -0.15) is 0 Å². The van der Waals surface area contributed by atoms with Crippen molar-refractivity contribution in [2.75, 3.05) is 0 Å². The van der Waals surface area contributed by atoms with Gasteiger partial charge in [0.1, 0.15) is 0 Å². The van der Waals surface area contributed by atoms with Gasteiger partial charge in [0.15, 0.2) is 9.80 Å². The second kappa shape index (κ2) is 4.49. The Morgan fingerprint density at radius 3 is 2.50 bits per heavy atom. The lowest BCUT2D eigenvalue weighted by Gasteiger charge is -2.12. The first-order chi connectivity index (χ1) is 6.88. The van der Waals surface area contributed by atoms with Crippen LogP contribution in [-0.2, 0) is 11.2 Å². The minimum absolute atomic E-state index is 0.880. The third-order valence-electron chi connectivity index (χ3n) is 2.13. The van der Waals surface area contributed by atoms with Crippen molar-refractivity contribution in [3.8, 4) is 0 Å². The highest BCUT2D eigenvalue weighted by molar-refractivity contribution is 7.95. The Labute approximate surface area is 87.3 Å². The van der Waals surface area contributed by atoms with E-state index in [2.05, 4.69) is 12.2 Å². The van der Waals surface area contributed by atoms with Gasteiger partial charge >= 0.3 is 0 Å². The van der Waals surface area contributed by atoms with E-state index in [0.29, 0.717) is 0 Å². The summed E-state index contributed by atoms with van der Waals surface area (Å²) in [5.74, 6) is 0. The van der Waals surface area contributed by atoms with E-state index in [4.69, 9.17) is 0 Å². The van der Waals surface area contributed by atoms with E-state index >= 15 is 0 Å². The minimum Gasteiger partial charge on any atom is -0.606 e. The van der Waals surface area contributed by atoms with Gasteiger partial charge in [-0.25, -0.2) is 0 Å². The van der Waals surface area contributed by atoms with Crippen molar-refractivity contribution in [2.45, 2.75) is 17.7 Å². The van der Waals surface area contributed by atoms with Crippen LogP contribution in [0.2, 0.25) is 0 Å². The van der Waals surface area contributed by atoms with Gasteiger partial charge in [-0.3, -0.25) is 0 Å². The van der Waals surface area contributed by atoms with Gasteiger partial charge in [-0.1, -0.05) is 24.3 Å². The predicted molar refractivity (Wildman–Crippen MR) is 59.3 cm³/mol. The van der Waals surface area contributed by atoms with Gasteiger partial charge in [-0.15, -0.1) is 0 Å². The van der Waals surface area contributed by atoms with E-state index in [-0.39, 0.29) is 0 Å². The van der Waals surface area contributed by atoms with Crippen LogP contribution < -0.4 is 0 Å². The van der Waals surface area contributed by atoms with E-state index in [1.807, 2.05) is 36.4 Å². The molecule has 0 radical (unpaired) electrons. The first kappa shape index (κ1) is 9.56. The highest BCUT2D eigenvalue weighted by Crippen LogP contribution is 2.23. The maximum atomic E-state index is 12.0. The van der Waals surface area contributed by atoms with Crippen LogP contribution in [0, 0.1) is 0 Å². The Hall–Kier alpha value is -0.990. The predicted octanol–water partition coefficient (Wildman–Crippen LogP) is 3.03. The molecule has 1 aromatic rings. The number of benzene rings is 1. The molecule has 1 aliphatic carbocycles. The topological polar surface area (TPSA) is 23.1 Å². The SMILES string of the molecule is [O-][S+](C1=CCCC=C1)c1ccccc1.